The topological polar surface area (TPSA) is 63.4 Å². The third kappa shape index (κ3) is 3.22. The summed E-state index contributed by atoms with van der Waals surface area (Å²) in [7, 11) is 0. The number of nitrogens with zero attached hydrogens (tertiary/aromatic N) is 2. The third-order valence-electron chi connectivity index (χ3n) is 3.49. The van der Waals surface area contributed by atoms with Crippen LogP contribution >= 0.6 is 24.0 Å². The Bertz CT molecular complexity index is 858. The standard InChI is InChI=1S/C17H12N2O3S2/c1-11-2-4-12(5-3-11)10-15-16(20)18(17(23)24-15)13-6-8-14(9-7-13)19(21)22/h2-10H,1H3/b15-10+. The molecule has 0 spiro atoms. The summed E-state index contributed by atoms with van der Waals surface area (Å²) in [5.41, 5.74) is 2.56. The van der Waals surface area contributed by atoms with Crippen molar-refractivity contribution in [2.75, 3.05) is 4.90 Å². The predicted octanol–water partition coefficient (Wildman–Crippen LogP) is 4.31. The number of non-ortho nitro benzene ring substituents is 1. The highest BCUT2D eigenvalue weighted by Gasteiger charge is 2.33. The van der Waals surface area contributed by atoms with Gasteiger partial charge in [-0.1, -0.05) is 53.8 Å². The Morgan fingerprint density at radius 1 is 1.12 bits per heavy atom. The molecule has 1 heterocycles. The Labute approximate surface area is 148 Å². The van der Waals surface area contributed by atoms with Crippen molar-refractivity contribution in [3.8, 4) is 0 Å². The van der Waals surface area contributed by atoms with Crippen molar-refractivity contribution in [3.05, 3.63) is 74.7 Å². The molecule has 2 aromatic carbocycles. The molecule has 0 N–H and O–H groups in total. The second kappa shape index (κ2) is 6.54. The lowest BCUT2D eigenvalue weighted by Crippen LogP contribution is -2.27. The van der Waals surface area contributed by atoms with Crippen LogP contribution in [-0.4, -0.2) is 15.2 Å². The van der Waals surface area contributed by atoms with Crippen LogP contribution < -0.4 is 4.90 Å². The maximum Gasteiger partial charge on any atom is 0.270 e. The number of hydrogen-bond donors (Lipinski definition) is 0. The molecule has 1 aliphatic heterocycles. The summed E-state index contributed by atoms with van der Waals surface area (Å²) in [6.45, 7) is 2.00. The number of anilines is 1. The number of nitro benzene ring substituents is 1. The third-order valence-corrected chi connectivity index (χ3v) is 4.79. The van der Waals surface area contributed by atoms with Crippen molar-refractivity contribution in [1.29, 1.82) is 0 Å². The van der Waals surface area contributed by atoms with Gasteiger partial charge in [-0.05, 0) is 30.7 Å². The highest BCUT2D eigenvalue weighted by Crippen LogP contribution is 2.36. The average molecular weight is 356 g/mol. The van der Waals surface area contributed by atoms with Crippen LogP contribution in [0.5, 0.6) is 0 Å². The number of thioether (sulfide) groups is 1. The van der Waals surface area contributed by atoms with Crippen LogP contribution in [0.25, 0.3) is 6.08 Å². The first-order valence-electron chi connectivity index (χ1n) is 7.05. The molecule has 1 amide bonds. The number of thiocarbonyl (C=S) groups is 1. The Kier molecular flexibility index (Phi) is 4.46. The van der Waals surface area contributed by atoms with Gasteiger partial charge in [0.2, 0.25) is 0 Å². The highest BCUT2D eigenvalue weighted by molar-refractivity contribution is 8.27. The number of carbonyl (C=O) groups is 1. The van der Waals surface area contributed by atoms with Crippen LogP contribution in [0.15, 0.2) is 53.4 Å². The van der Waals surface area contributed by atoms with Crippen LogP contribution in [0, 0.1) is 17.0 Å². The van der Waals surface area contributed by atoms with E-state index in [1.807, 2.05) is 31.2 Å². The summed E-state index contributed by atoms with van der Waals surface area (Å²) in [6.07, 6.45) is 1.80. The van der Waals surface area contributed by atoms with E-state index in [1.54, 1.807) is 6.08 Å². The average Bonchev–Trinajstić information content (AvgIpc) is 2.83. The number of rotatable bonds is 3. The molecule has 1 saturated heterocycles. The summed E-state index contributed by atoms with van der Waals surface area (Å²) in [6, 6.07) is 13.6. The van der Waals surface area contributed by atoms with Crippen molar-refractivity contribution in [3.63, 3.8) is 0 Å². The molecule has 3 rings (SSSR count). The summed E-state index contributed by atoms with van der Waals surface area (Å²) in [5.74, 6) is -0.223. The van der Waals surface area contributed by atoms with E-state index < -0.39 is 4.92 Å². The molecule has 120 valence electrons. The van der Waals surface area contributed by atoms with Gasteiger partial charge in [-0.3, -0.25) is 19.8 Å². The Hall–Kier alpha value is -2.51. The Morgan fingerprint density at radius 2 is 1.75 bits per heavy atom. The minimum absolute atomic E-state index is 0.0283. The molecule has 0 unspecified atom stereocenters. The second-order valence-corrected chi connectivity index (χ2v) is 6.88. The number of benzene rings is 2. The number of amides is 1. The Balaban J connectivity index is 1.88. The molecule has 7 heteroatoms. The summed E-state index contributed by atoms with van der Waals surface area (Å²) in [5, 5.41) is 10.7. The van der Waals surface area contributed by atoms with E-state index in [4.69, 9.17) is 12.2 Å². The Morgan fingerprint density at radius 3 is 2.33 bits per heavy atom. The van der Waals surface area contributed by atoms with E-state index in [-0.39, 0.29) is 11.6 Å². The largest absolute Gasteiger partial charge is 0.270 e. The van der Waals surface area contributed by atoms with E-state index in [0.717, 1.165) is 11.1 Å². The van der Waals surface area contributed by atoms with Crippen LogP contribution in [0.4, 0.5) is 11.4 Å². The van der Waals surface area contributed by atoms with Crippen molar-refractivity contribution < 1.29 is 9.72 Å². The molecule has 5 nitrogen and oxygen atoms in total. The molecule has 24 heavy (non-hydrogen) atoms. The summed E-state index contributed by atoms with van der Waals surface area (Å²) in [4.78, 5) is 24.8. The van der Waals surface area contributed by atoms with Crippen LogP contribution in [0.1, 0.15) is 11.1 Å². The zero-order valence-electron chi connectivity index (χ0n) is 12.6. The maximum absolute atomic E-state index is 12.6. The van der Waals surface area contributed by atoms with Crippen molar-refractivity contribution >= 4 is 51.7 Å². The number of carbonyl (C=O) groups excluding carboxylic acids is 1. The fourth-order valence-corrected chi connectivity index (χ4v) is 3.53. The van der Waals surface area contributed by atoms with Crippen molar-refractivity contribution in [1.82, 2.24) is 0 Å². The molecule has 0 bridgehead atoms. The molecule has 0 aromatic heterocycles. The zero-order valence-corrected chi connectivity index (χ0v) is 14.3. The number of hydrogen-bond acceptors (Lipinski definition) is 5. The molecular weight excluding hydrogens is 344 g/mol. The fraction of sp³-hybridized carbons (Fsp3) is 0.0588. The van der Waals surface area contributed by atoms with Gasteiger partial charge in [-0.15, -0.1) is 0 Å². The first kappa shape index (κ1) is 16.4. The smallest absolute Gasteiger partial charge is 0.268 e. The quantitative estimate of drug-likeness (QED) is 0.355. The lowest BCUT2D eigenvalue weighted by molar-refractivity contribution is -0.384. The van der Waals surface area contributed by atoms with Gasteiger partial charge in [0.15, 0.2) is 4.32 Å². The first-order valence-corrected chi connectivity index (χ1v) is 8.27. The fourth-order valence-electron chi connectivity index (χ4n) is 2.23. The van der Waals surface area contributed by atoms with Gasteiger partial charge in [-0.25, -0.2) is 0 Å². The van der Waals surface area contributed by atoms with Gasteiger partial charge in [0.1, 0.15) is 0 Å². The second-order valence-electron chi connectivity index (χ2n) is 5.20. The van der Waals surface area contributed by atoms with Crippen LogP contribution in [0.3, 0.4) is 0 Å². The van der Waals surface area contributed by atoms with Crippen molar-refractivity contribution in [2.45, 2.75) is 6.92 Å². The number of nitro groups is 1. The summed E-state index contributed by atoms with van der Waals surface area (Å²) < 4.78 is 0.409. The van der Waals surface area contributed by atoms with Crippen molar-refractivity contribution in [2.24, 2.45) is 0 Å². The minimum Gasteiger partial charge on any atom is -0.268 e. The predicted molar refractivity (Wildman–Crippen MR) is 99.9 cm³/mol. The van der Waals surface area contributed by atoms with Gasteiger partial charge in [0.25, 0.3) is 11.6 Å². The lowest BCUT2D eigenvalue weighted by atomic mass is 10.1. The first-order chi connectivity index (χ1) is 11.5. The minimum atomic E-state index is -0.481. The molecular formula is C17H12N2O3S2. The molecule has 0 aliphatic carbocycles. The molecule has 2 aromatic rings. The molecule has 0 radical (unpaired) electrons. The van der Waals surface area contributed by atoms with Gasteiger partial charge in [-0.2, -0.15) is 0 Å². The van der Waals surface area contributed by atoms with E-state index in [9.17, 15) is 14.9 Å². The molecule has 1 fully saturated rings. The highest BCUT2D eigenvalue weighted by atomic mass is 32.2. The van der Waals surface area contributed by atoms with Gasteiger partial charge >= 0.3 is 0 Å². The molecule has 1 aliphatic rings. The summed E-state index contributed by atoms with van der Waals surface area (Å²) >= 11 is 6.51. The van der Waals surface area contributed by atoms with Crippen LogP contribution in [0.2, 0.25) is 0 Å². The van der Waals surface area contributed by atoms with Crippen LogP contribution in [-0.2, 0) is 4.79 Å². The van der Waals surface area contributed by atoms with Gasteiger partial charge in [0.05, 0.1) is 15.5 Å². The number of aryl methyl sites for hydroxylation is 1. The molecule has 0 atom stereocenters. The molecule has 0 saturated carbocycles. The van der Waals surface area contributed by atoms with E-state index in [1.165, 1.54) is 40.9 Å². The monoisotopic (exact) mass is 356 g/mol. The van der Waals surface area contributed by atoms with E-state index in [2.05, 4.69) is 0 Å². The normalized spacial score (nSPS) is 16.0. The lowest BCUT2D eigenvalue weighted by Gasteiger charge is -2.13. The van der Waals surface area contributed by atoms with Gasteiger partial charge < -0.3 is 0 Å². The van der Waals surface area contributed by atoms with E-state index >= 15 is 0 Å². The van der Waals surface area contributed by atoms with Gasteiger partial charge in [0, 0.05) is 12.1 Å². The SMILES string of the molecule is Cc1ccc(/C=C2/SC(=S)N(c3ccc([N+](=O)[O-])cc3)C2=O)cc1. The van der Waals surface area contributed by atoms with E-state index in [0.29, 0.717) is 14.9 Å². The maximum atomic E-state index is 12.6. The zero-order chi connectivity index (χ0) is 17.3.